The van der Waals surface area contributed by atoms with Crippen LogP contribution in [0.15, 0.2) is 22.7 Å². The SMILES string of the molecule is COc1cc(Br)cc(NC(=O)CCC(=O)OC(C)(C)C)c1. The summed E-state index contributed by atoms with van der Waals surface area (Å²) >= 11 is 3.33. The molecule has 1 rings (SSSR count). The van der Waals surface area contributed by atoms with Gasteiger partial charge in [-0.15, -0.1) is 0 Å². The van der Waals surface area contributed by atoms with Crippen molar-refractivity contribution in [1.29, 1.82) is 0 Å². The van der Waals surface area contributed by atoms with Crippen molar-refractivity contribution in [2.75, 3.05) is 12.4 Å². The molecule has 0 radical (unpaired) electrons. The molecule has 0 aliphatic rings. The van der Waals surface area contributed by atoms with Gasteiger partial charge < -0.3 is 14.8 Å². The molecule has 0 aliphatic heterocycles. The Bertz CT molecular complexity index is 523. The first-order valence-corrected chi connectivity index (χ1v) is 7.35. The van der Waals surface area contributed by atoms with Crippen molar-refractivity contribution >= 4 is 33.5 Å². The second kappa shape index (κ2) is 7.45. The fraction of sp³-hybridized carbons (Fsp3) is 0.467. The Kier molecular flexibility index (Phi) is 6.20. The zero-order chi connectivity index (χ0) is 16.0. The van der Waals surface area contributed by atoms with Crippen LogP contribution in [0.5, 0.6) is 5.75 Å². The number of benzene rings is 1. The molecule has 0 saturated carbocycles. The van der Waals surface area contributed by atoms with Crippen LogP contribution in [-0.2, 0) is 14.3 Å². The van der Waals surface area contributed by atoms with Crippen molar-refractivity contribution in [3.05, 3.63) is 22.7 Å². The molecule has 1 N–H and O–H groups in total. The maximum absolute atomic E-state index is 11.8. The van der Waals surface area contributed by atoms with E-state index in [0.717, 1.165) is 4.47 Å². The summed E-state index contributed by atoms with van der Waals surface area (Å²) in [5.41, 5.74) is 0.0704. The van der Waals surface area contributed by atoms with Crippen molar-refractivity contribution < 1.29 is 19.1 Å². The van der Waals surface area contributed by atoms with E-state index in [2.05, 4.69) is 21.2 Å². The lowest BCUT2D eigenvalue weighted by atomic mass is 10.2. The first kappa shape index (κ1) is 17.5. The molecule has 1 aromatic carbocycles. The van der Waals surface area contributed by atoms with E-state index in [1.807, 2.05) is 0 Å². The van der Waals surface area contributed by atoms with Gasteiger partial charge >= 0.3 is 5.97 Å². The fourth-order valence-electron chi connectivity index (χ4n) is 1.58. The van der Waals surface area contributed by atoms with E-state index in [9.17, 15) is 9.59 Å². The van der Waals surface area contributed by atoms with Gasteiger partial charge in [-0.05, 0) is 32.9 Å². The number of esters is 1. The molecular weight excluding hydrogens is 338 g/mol. The predicted molar refractivity (Wildman–Crippen MR) is 84.4 cm³/mol. The highest BCUT2D eigenvalue weighted by Crippen LogP contribution is 2.24. The highest BCUT2D eigenvalue weighted by atomic mass is 79.9. The van der Waals surface area contributed by atoms with Gasteiger partial charge in [0, 0.05) is 22.6 Å². The molecule has 6 heteroatoms. The van der Waals surface area contributed by atoms with Crippen molar-refractivity contribution in [2.24, 2.45) is 0 Å². The van der Waals surface area contributed by atoms with Gasteiger partial charge in [0.05, 0.1) is 13.5 Å². The number of carbonyl (C=O) groups is 2. The minimum absolute atomic E-state index is 0.0498. The van der Waals surface area contributed by atoms with Gasteiger partial charge in [-0.25, -0.2) is 0 Å². The zero-order valence-corrected chi connectivity index (χ0v) is 14.2. The van der Waals surface area contributed by atoms with E-state index in [1.165, 1.54) is 0 Å². The first-order chi connectivity index (χ1) is 9.69. The summed E-state index contributed by atoms with van der Waals surface area (Å²) < 4.78 is 11.1. The number of amides is 1. The molecule has 0 bridgehead atoms. The summed E-state index contributed by atoms with van der Waals surface area (Å²) in [6.45, 7) is 5.37. The van der Waals surface area contributed by atoms with E-state index >= 15 is 0 Å². The van der Waals surface area contributed by atoms with Crippen molar-refractivity contribution in [3.8, 4) is 5.75 Å². The average Bonchev–Trinajstić information content (AvgIpc) is 2.33. The summed E-state index contributed by atoms with van der Waals surface area (Å²) in [7, 11) is 1.55. The minimum Gasteiger partial charge on any atom is -0.497 e. The molecule has 0 heterocycles. The van der Waals surface area contributed by atoms with Crippen LogP contribution in [0.2, 0.25) is 0 Å². The Morgan fingerprint density at radius 1 is 1.19 bits per heavy atom. The molecule has 0 spiro atoms. The molecule has 1 aromatic rings. The maximum Gasteiger partial charge on any atom is 0.306 e. The highest BCUT2D eigenvalue weighted by molar-refractivity contribution is 9.10. The number of hydrogen-bond donors (Lipinski definition) is 1. The van der Waals surface area contributed by atoms with Crippen molar-refractivity contribution in [1.82, 2.24) is 0 Å². The fourth-order valence-corrected chi connectivity index (χ4v) is 2.06. The molecular formula is C15H20BrNO4. The molecule has 0 fully saturated rings. The van der Waals surface area contributed by atoms with E-state index in [-0.39, 0.29) is 24.7 Å². The Balaban J connectivity index is 2.51. The van der Waals surface area contributed by atoms with Crippen LogP contribution < -0.4 is 10.1 Å². The van der Waals surface area contributed by atoms with Crippen LogP contribution >= 0.6 is 15.9 Å². The number of rotatable bonds is 5. The van der Waals surface area contributed by atoms with Gasteiger partial charge in [-0.2, -0.15) is 0 Å². The summed E-state index contributed by atoms with van der Waals surface area (Å²) in [5, 5.41) is 2.72. The van der Waals surface area contributed by atoms with Crippen molar-refractivity contribution in [2.45, 2.75) is 39.2 Å². The van der Waals surface area contributed by atoms with Crippen LogP contribution in [0, 0.1) is 0 Å². The van der Waals surface area contributed by atoms with Crippen LogP contribution in [0.4, 0.5) is 5.69 Å². The Labute approximate surface area is 133 Å². The van der Waals surface area contributed by atoms with E-state index in [4.69, 9.17) is 9.47 Å². The van der Waals surface area contributed by atoms with Crippen molar-refractivity contribution in [3.63, 3.8) is 0 Å². The summed E-state index contributed by atoms with van der Waals surface area (Å²) in [6.07, 6.45) is 0.123. The molecule has 116 valence electrons. The predicted octanol–water partition coefficient (Wildman–Crippen LogP) is 3.52. The quantitative estimate of drug-likeness (QED) is 0.818. The molecule has 0 aliphatic carbocycles. The van der Waals surface area contributed by atoms with Crippen LogP contribution in [0.3, 0.4) is 0 Å². The monoisotopic (exact) mass is 357 g/mol. The molecule has 1 amide bonds. The molecule has 21 heavy (non-hydrogen) atoms. The topological polar surface area (TPSA) is 64.6 Å². The molecule has 0 unspecified atom stereocenters. The number of ether oxygens (including phenoxy) is 2. The lowest BCUT2D eigenvalue weighted by Crippen LogP contribution is -2.24. The summed E-state index contributed by atoms with van der Waals surface area (Å²) in [4.78, 5) is 23.4. The van der Waals surface area contributed by atoms with Crippen LogP contribution in [0.25, 0.3) is 0 Å². The number of methoxy groups -OCH3 is 1. The van der Waals surface area contributed by atoms with E-state index in [0.29, 0.717) is 11.4 Å². The number of anilines is 1. The summed E-state index contributed by atoms with van der Waals surface area (Å²) in [6, 6.07) is 5.25. The number of carbonyl (C=O) groups excluding carboxylic acids is 2. The van der Waals surface area contributed by atoms with Gasteiger partial charge in [0.2, 0.25) is 5.91 Å². The lowest BCUT2D eigenvalue weighted by molar-refractivity contribution is -0.155. The molecule has 0 saturated heterocycles. The van der Waals surface area contributed by atoms with E-state index < -0.39 is 5.60 Å². The third-order valence-electron chi connectivity index (χ3n) is 2.37. The number of halogens is 1. The maximum atomic E-state index is 11.8. The molecule has 0 aromatic heterocycles. The second-order valence-electron chi connectivity index (χ2n) is 5.51. The van der Waals surface area contributed by atoms with Crippen LogP contribution in [0.1, 0.15) is 33.6 Å². The first-order valence-electron chi connectivity index (χ1n) is 6.56. The standard InChI is InChI=1S/C15H20BrNO4/c1-15(2,3)21-14(19)6-5-13(18)17-11-7-10(16)8-12(9-11)20-4/h7-9H,5-6H2,1-4H3,(H,17,18). The third-order valence-corrected chi connectivity index (χ3v) is 2.82. The van der Waals surface area contributed by atoms with Crippen LogP contribution in [-0.4, -0.2) is 24.6 Å². The second-order valence-corrected chi connectivity index (χ2v) is 6.43. The number of hydrogen-bond acceptors (Lipinski definition) is 4. The molecule has 5 nitrogen and oxygen atoms in total. The normalized spacial score (nSPS) is 10.9. The summed E-state index contributed by atoms with van der Waals surface area (Å²) in [5.74, 6) is -0.00250. The Morgan fingerprint density at radius 3 is 2.43 bits per heavy atom. The number of nitrogens with one attached hydrogen (secondary N) is 1. The Morgan fingerprint density at radius 2 is 1.86 bits per heavy atom. The van der Waals surface area contributed by atoms with Gasteiger partial charge in [-0.3, -0.25) is 9.59 Å². The minimum atomic E-state index is -0.536. The lowest BCUT2D eigenvalue weighted by Gasteiger charge is -2.19. The largest absolute Gasteiger partial charge is 0.497 e. The smallest absolute Gasteiger partial charge is 0.306 e. The van der Waals surface area contributed by atoms with Gasteiger partial charge in [0.25, 0.3) is 0 Å². The van der Waals surface area contributed by atoms with Gasteiger partial charge in [0.15, 0.2) is 0 Å². The molecule has 0 atom stereocenters. The third kappa shape index (κ3) is 7.13. The highest BCUT2D eigenvalue weighted by Gasteiger charge is 2.17. The zero-order valence-electron chi connectivity index (χ0n) is 12.7. The van der Waals surface area contributed by atoms with E-state index in [1.54, 1.807) is 46.1 Å². The Hall–Kier alpha value is -1.56. The average molecular weight is 358 g/mol. The van der Waals surface area contributed by atoms with Gasteiger partial charge in [-0.1, -0.05) is 15.9 Å². The van der Waals surface area contributed by atoms with Gasteiger partial charge in [0.1, 0.15) is 11.4 Å².